The standard InChI is InChI=1S/C61H35N5O2/c1-2-18-38(19-3-1)65-49-27-11-7-22-41(49)57-43(24-14-28-50(57)65)59-62-60(44-25-15-31-55-58(44)42-23-9-13-30-54(42)67-55)64-61(63-59)47-35-56-46(40-21-8-12-29-53(40)68-56)34-52(47)66-48-26-10-6-20-39(48)45-32-36-16-4-5-17-37(36)33-51(45)66/h1-35H. The van der Waals surface area contributed by atoms with E-state index in [1.165, 1.54) is 10.8 Å². The van der Waals surface area contributed by atoms with Gasteiger partial charge in [0.1, 0.15) is 22.3 Å². The maximum Gasteiger partial charge on any atom is 0.166 e. The number of para-hydroxylation sites is 5. The molecule has 0 bridgehead atoms. The summed E-state index contributed by atoms with van der Waals surface area (Å²) in [5, 5.41) is 10.8. The topological polar surface area (TPSA) is 74.8 Å². The number of aromatic nitrogens is 5. The van der Waals surface area contributed by atoms with Crippen molar-refractivity contribution in [3.05, 3.63) is 212 Å². The van der Waals surface area contributed by atoms with Crippen LogP contribution in [0.4, 0.5) is 0 Å². The number of hydrogen-bond acceptors (Lipinski definition) is 5. The Morgan fingerprint density at radius 3 is 1.62 bits per heavy atom. The molecule has 68 heavy (non-hydrogen) atoms. The average Bonchev–Trinajstić information content (AvgIpc) is 4.15. The smallest absolute Gasteiger partial charge is 0.166 e. The van der Waals surface area contributed by atoms with Crippen molar-refractivity contribution in [3.8, 4) is 45.5 Å². The van der Waals surface area contributed by atoms with Crippen LogP contribution in [-0.4, -0.2) is 24.1 Å². The van der Waals surface area contributed by atoms with Gasteiger partial charge in [0.05, 0.1) is 27.8 Å². The molecule has 0 amide bonds. The third kappa shape index (κ3) is 5.32. The second-order valence-corrected chi connectivity index (χ2v) is 17.5. The molecule has 7 nitrogen and oxygen atoms in total. The molecule has 316 valence electrons. The molecule has 0 atom stereocenters. The van der Waals surface area contributed by atoms with Crippen molar-refractivity contribution in [1.82, 2.24) is 24.1 Å². The van der Waals surface area contributed by atoms with Crippen molar-refractivity contribution >= 4 is 98.3 Å². The molecule has 0 aliphatic carbocycles. The Bertz CT molecular complexity index is 4570. The van der Waals surface area contributed by atoms with Gasteiger partial charge in [-0.05, 0) is 83.6 Å². The molecule has 15 aromatic rings. The molecule has 0 aliphatic rings. The molecular formula is C61H35N5O2. The Morgan fingerprint density at radius 2 is 0.838 bits per heavy atom. The van der Waals surface area contributed by atoms with Crippen LogP contribution in [0.1, 0.15) is 0 Å². The summed E-state index contributed by atoms with van der Waals surface area (Å²) in [7, 11) is 0. The number of fused-ring (bicyclic) bond motifs is 13. The summed E-state index contributed by atoms with van der Waals surface area (Å²) in [6, 6.07) is 74.3. The number of furan rings is 2. The van der Waals surface area contributed by atoms with E-state index in [0.29, 0.717) is 17.5 Å². The Balaban J connectivity index is 1.09. The third-order valence-corrected chi connectivity index (χ3v) is 13.7. The van der Waals surface area contributed by atoms with Gasteiger partial charge in [-0.2, -0.15) is 0 Å². The number of hydrogen-bond donors (Lipinski definition) is 0. The van der Waals surface area contributed by atoms with Crippen LogP contribution in [-0.2, 0) is 0 Å². The highest BCUT2D eigenvalue weighted by Crippen LogP contribution is 2.44. The molecule has 0 N–H and O–H groups in total. The van der Waals surface area contributed by atoms with E-state index in [0.717, 1.165) is 116 Å². The first-order valence-corrected chi connectivity index (χ1v) is 22.8. The molecule has 0 aliphatic heterocycles. The predicted octanol–water partition coefficient (Wildman–Crippen LogP) is 16.0. The first-order valence-electron chi connectivity index (χ1n) is 22.8. The van der Waals surface area contributed by atoms with Crippen molar-refractivity contribution in [1.29, 1.82) is 0 Å². The first kappa shape index (κ1) is 36.9. The Morgan fingerprint density at radius 1 is 0.294 bits per heavy atom. The summed E-state index contributed by atoms with van der Waals surface area (Å²) in [6.45, 7) is 0. The Labute approximate surface area is 387 Å². The molecular weight excluding hydrogens is 835 g/mol. The van der Waals surface area contributed by atoms with Gasteiger partial charge in [-0.15, -0.1) is 0 Å². The van der Waals surface area contributed by atoms with Gasteiger partial charge in [0.15, 0.2) is 17.5 Å². The molecule has 0 fully saturated rings. The molecule has 0 radical (unpaired) electrons. The molecule has 15 rings (SSSR count). The summed E-state index contributed by atoms with van der Waals surface area (Å²) >= 11 is 0. The van der Waals surface area contributed by atoms with E-state index in [2.05, 4.69) is 179 Å². The molecule has 0 spiro atoms. The van der Waals surface area contributed by atoms with Crippen molar-refractivity contribution in [2.24, 2.45) is 0 Å². The van der Waals surface area contributed by atoms with E-state index in [1.807, 2.05) is 42.5 Å². The highest BCUT2D eigenvalue weighted by atomic mass is 16.3. The van der Waals surface area contributed by atoms with Gasteiger partial charge < -0.3 is 18.0 Å². The summed E-state index contributed by atoms with van der Waals surface area (Å²) in [5.74, 6) is 1.61. The van der Waals surface area contributed by atoms with Crippen LogP contribution >= 0.6 is 0 Å². The molecule has 0 saturated heterocycles. The second kappa shape index (κ2) is 14.1. The van der Waals surface area contributed by atoms with Gasteiger partial charge in [0, 0.05) is 65.5 Å². The Kier molecular flexibility index (Phi) is 7.65. The van der Waals surface area contributed by atoms with Crippen LogP contribution in [0.15, 0.2) is 221 Å². The molecule has 0 saturated carbocycles. The fourth-order valence-electron chi connectivity index (χ4n) is 10.8. The second-order valence-electron chi connectivity index (χ2n) is 17.5. The largest absolute Gasteiger partial charge is 0.456 e. The normalized spacial score (nSPS) is 12.1. The summed E-state index contributed by atoms with van der Waals surface area (Å²) in [6.07, 6.45) is 0. The van der Waals surface area contributed by atoms with Gasteiger partial charge in [-0.1, -0.05) is 140 Å². The molecule has 7 heteroatoms. The van der Waals surface area contributed by atoms with Crippen LogP contribution in [0, 0.1) is 0 Å². The van der Waals surface area contributed by atoms with Crippen LogP contribution in [0.2, 0.25) is 0 Å². The monoisotopic (exact) mass is 869 g/mol. The maximum atomic E-state index is 6.70. The van der Waals surface area contributed by atoms with Crippen LogP contribution in [0.25, 0.3) is 144 Å². The van der Waals surface area contributed by atoms with Crippen molar-refractivity contribution in [2.75, 3.05) is 0 Å². The van der Waals surface area contributed by atoms with E-state index in [9.17, 15) is 0 Å². The van der Waals surface area contributed by atoms with Crippen molar-refractivity contribution in [2.45, 2.75) is 0 Å². The van der Waals surface area contributed by atoms with E-state index in [4.69, 9.17) is 23.8 Å². The predicted molar refractivity (Wildman–Crippen MR) is 277 cm³/mol. The summed E-state index contributed by atoms with van der Waals surface area (Å²) in [5.41, 5.74) is 12.0. The van der Waals surface area contributed by atoms with Gasteiger partial charge >= 0.3 is 0 Å². The average molecular weight is 870 g/mol. The Hall–Kier alpha value is -9.33. The van der Waals surface area contributed by atoms with Gasteiger partial charge in [0.2, 0.25) is 0 Å². The van der Waals surface area contributed by atoms with Gasteiger partial charge in [-0.25, -0.2) is 15.0 Å². The minimum atomic E-state index is 0.516. The minimum Gasteiger partial charge on any atom is -0.456 e. The van der Waals surface area contributed by atoms with Crippen molar-refractivity contribution in [3.63, 3.8) is 0 Å². The zero-order valence-corrected chi connectivity index (χ0v) is 36.3. The lowest BCUT2D eigenvalue weighted by Gasteiger charge is -2.16. The van der Waals surface area contributed by atoms with E-state index in [1.54, 1.807) is 0 Å². The quantitative estimate of drug-likeness (QED) is 0.172. The van der Waals surface area contributed by atoms with Crippen LogP contribution in [0.3, 0.4) is 0 Å². The fraction of sp³-hybridized carbons (Fsp3) is 0. The zero-order valence-electron chi connectivity index (χ0n) is 36.3. The third-order valence-electron chi connectivity index (χ3n) is 13.7. The first-order chi connectivity index (χ1) is 33.7. The lowest BCUT2D eigenvalue weighted by molar-refractivity contribution is 0.668. The lowest BCUT2D eigenvalue weighted by Crippen LogP contribution is -2.04. The van der Waals surface area contributed by atoms with Gasteiger partial charge in [0.25, 0.3) is 0 Å². The highest BCUT2D eigenvalue weighted by Gasteiger charge is 2.25. The summed E-state index contributed by atoms with van der Waals surface area (Å²) in [4.78, 5) is 16.6. The van der Waals surface area contributed by atoms with E-state index in [-0.39, 0.29) is 0 Å². The molecule has 5 heterocycles. The SMILES string of the molecule is c1ccc(-n2c3ccccc3c3c(-c4nc(-c5cc6oc7ccccc7c6cc5-n5c6ccccc6c6cc7ccccc7cc65)nc(-c5cccc6oc7ccccc7c56)n4)cccc32)cc1. The fourth-order valence-corrected chi connectivity index (χ4v) is 10.8. The van der Waals surface area contributed by atoms with Crippen molar-refractivity contribution < 1.29 is 8.83 Å². The lowest BCUT2D eigenvalue weighted by atomic mass is 10.0. The maximum absolute atomic E-state index is 6.70. The van der Waals surface area contributed by atoms with E-state index >= 15 is 0 Å². The zero-order chi connectivity index (χ0) is 44.5. The number of rotatable bonds is 5. The van der Waals surface area contributed by atoms with Crippen LogP contribution < -0.4 is 0 Å². The molecule has 5 aromatic heterocycles. The minimum absolute atomic E-state index is 0.516. The number of nitrogens with zero attached hydrogens (tertiary/aromatic N) is 5. The van der Waals surface area contributed by atoms with Gasteiger partial charge in [-0.3, -0.25) is 0 Å². The highest BCUT2D eigenvalue weighted by molar-refractivity contribution is 6.17. The number of benzene rings is 10. The molecule has 10 aromatic carbocycles. The summed E-state index contributed by atoms with van der Waals surface area (Å²) < 4.78 is 17.9. The van der Waals surface area contributed by atoms with Crippen LogP contribution in [0.5, 0.6) is 0 Å². The molecule has 0 unspecified atom stereocenters. The van der Waals surface area contributed by atoms with E-state index < -0.39 is 0 Å².